The third-order valence-electron chi connectivity index (χ3n) is 4.74. The minimum Gasteiger partial charge on any atom is -0.338 e. The van der Waals surface area contributed by atoms with E-state index in [1.165, 1.54) is 25.7 Å². The van der Waals surface area contributed by atoms with Gasteiger partial charge in [-0.3, -0.25) is 0 Å². The Bertz CT molecular complexity index is 579. The summed E-state index contributed by atoms with van der Waals surface area (Å²) in [6, 6.07) is 20.4. The number of carbonyl (C=O) groups is 1. The summed E-state index contributed by atoms with van der Waals surface area (Å²) in [4.78, 5) is 14.6. The van der Waals surface area contributed by atoms with Crippen molar-refractivity contribution in [1.29, 1.82) is 0 Å². The number of rotatable bonds is 6. The third kappa shape index (κ3) is 4.85. The normalized spacial score (nSPS) is 14.5. The maximum absolute atomic E-state index is 12.7. The molecule has 3 rings (SSSR count). The van der Waals surface area contributed by atoms with Gasteiger partial charge in [-0.1, -0.05) is 73.5 Å². The third-order valence-corrected chi connectivity index (χ3v) is 4.74. The number of amides is 2. The molecule has 1 N–H and O–H groups in total. The molecular weight excluding hydrogens is 296 g/mol. The molecule has 0 atom stereocenters. The second kappa shape index (κ2) is 8.53. The van der Waals surface area contributed by atoms with Gasteiger partial charge < -0.3 is 10.2 Å². The second-order valence-electron chi connectivity index (χ2n) is 6.66. The molecule has 0 aliphatic heterocycles. The van der Waals surface area contributed by atoms with Crippen molar-refractivity contribution in [3.63, 3.8) is 0 Å². The second-order valence-corrected chi connectivity index (χ2v) is 6.66. The van der Waals surface area contributed by atoms with Gasteiger partial charge in [-0.2, -0.15) is 0 Å². The smallest absolute Gasteiger partial charge is 0.318 e. The van der Waals surface area contributed by atoms with Crippen LogP contribution in [0.25, 0.3) is 0 Å². The van der Waals surface area contributed by atoms with E-state index in [0.717, 1.165) is 17.7 Å². The average Bonchev–Trinajstić information content (AvgIpc) is 3.14. The number of nitrogens with zero attached hydrogens (tertiary/aromatic N) is 1. The van der Waals surface area contributed by atoms with Crippen LogP contribution in [-0.4, -0.2) is 17.5 Å². The summed E-state index contributed by atoms with van der Waals surface area (Å²) in [5.74, 6) is 0.657. The highest BCUT2D eigenvalue weighted by Crippen LogP contribution is 2.23. The van der Waals surface area contributed by atoms with E-state index >= 15 is 0 Å². The minimum atomic E-state index is 0.0367. The first-order valence-corrected chi connectivity index (χ1v) is 8.92. The van der Waals surface area contributed by atoms with Crippen LogP contribution >= 0.6 is 0 Å². The van der Waals surface area contributed by atoms with Crippen LogP contribution in [0.3, 0.4) is 0 Å². The first-order valence-electron chi connectivity index (χ1n) is 8.92. The van der Waals surface area contributed by atoms with Crippen LogP contribution in [0.15, 0.2) is 60.7 Å². The van der Waals surface area contributed by atoms with Gasteiger partial charge in [0.25, 0.3) is 0 Å². The topological polar surface area (TPSA) is 32.3 Å². The first kappa shape index (κ1) is 16.6. The van der Waals surface area contributed by atoms with Crippen LogP contribution in [0.5, 0.6) is 0 Å². The highest BCUT2D eigenvalue weighted by atomic mass is 16.2. The number of hydrogen-bond donors (Lipinski definition) is 1. The van der Waals surface area contributed by atoms with E-state index < -0.39 is 0 Å². The van der Waals surface area contributed by atoms with Crippen LogP contribution in [0.2, 0.25) is 0 Å². The average molecular weight is 322 g/mol. The molecule has 0 unspecified atom stereocenters. The van der Waals surface area contributed by atoms with Gasteiger partial charge >= 0.3 is 6.03 Å². The predicted octanol–water partition coefficient (Wildman–Crippen LogP) is 4.59. The molecular formula is C21H26N2O. The van der Waals surface area contributed by atoms with Gasteiger partial charge in [0.15, 0.2) is 0 Å². The van der Waals surface area contributed by atoms with Crippen molar-refractivity contribution in [1.82, 2.24) is 10.2 Å². The molecule has 2 amide bonds. The number of carbonyl (C=O) groups excluding carboxylic acids is 1. The Labute approximate surface area is 144 Å². The molecule has 1 aliphatic carbocycles. The molecule has 0 aromatic heterocycles. The molecule has 0 radical (unpaired) electrons. The molecule has 0 bridgehead atoms. The number of hydrogen-bond acceptors (Lipinski definition) is 1. The molecule has 0 saturated heterocycles. The summed E-state index contributed by atoms with van der Waals surface area (Å²) in [6.45, 7) is 2.07. The molecule has 0 heterocycles. The lowest BCUT2D eigenvalue weighted by molar-refractivity contribution is 0.190. The summed E-state index contributed by atoms with van der Waals surface area (Å²) in [5, 5.41) is 3.15. The van der Waals surface area contributed by atoms with Gasteiger partial charge in [-0.25, -0.2) is 4.79 Å². The summed E-state index contributed by atoms with van der Waals surface area (Å²) in [7, 11) is 0. The lowest BCUT2D eigenvalue weighted by Gasteiger charge is -2.24. The fourth-order valence-electron chi connectivity index (χ4n) is 3.37. The molecule has 2 aromatic carbocycles. The van der Waals surface area contributed by atoms with Crippen molar-refractivity contribution in [3.05, 3.63) is 71.8 Å². The summed E-state index contributed by atoms with van der Waals surface area (Å²) in [6.07, 6.45) is 5.10. The van der Waals surface area contributed by atoms with E-state index in [2.05, 4.69) is 29.6 Å². The van der Waals surface area contributed by atoms with Crippen molar-refractivity contribution in [3.8, 4) is 0 Å². The number of benzene rings is 2. The zero-order valence-corrected chi connectivity index (χ0v) is 14.2. The maximum atomic E-state index is 12.7. The molecule has 126 valence electrons. The van der Waals surface area contributed by atoms with Gasteiger partial charge in [0.2, 0.25) is 0 Å². The van der Waals surface area contributed by atoms with E-state index in [4.69, 9.17) is 0 Å². The lowest BCUT2D eigenvalue weighted by Crippen LogP contribution is -2.40. The summed E-state index contributed by atoms with van der Waals surface area (Å²) in [5.41, 5.74) is 2.31. The Morgan fingerprint density at radius 2 is 1.38 bits per heavy atom. The van der Waals surface area contributed by atoms with Crippen LogP contribution in [0.4, 0.5) is 4.79 Å². The highest BCUT2D eigenvalue weighted by molar-refractivity contribution is 5.74. The monoisotopic (exact) mass is 322 g/mol. The molecule has 24 heavy (non-hydrogen) atoms. The van der Waals surface area contributed by atoms with E-state index in [-0.39, 0.29) is 6.03 Å². The molecule has 1 aliphatic rings. The van der Waals surface area contributed by atoms with Crippen LogP contribution in [0, 0.1) is 5.92 Å². The lowest BCUT2D eigenvalue weighted by atomic mass is 10.1. The van der Waals surface area contributed by atoms with Crippen LogP contribution in [-0.2, 0) is 13.1 Å². The Kier molecular flexibility index (Phi) is 5.89. The zero-order valence-electron chi connectivity index (χ0n) is 14.2. The van der Waals surface area contributed by atoms with Crippen molar-refractivity contribution in [2.24, 2.45) is 5.92 Å². The van der Waals surface area contributed by atoms with E-state index in [9.17, 15) is 4.79 Å². The van der Waals surface area contributed by atoms with Crippen LogP contribution < -0.4 is 5.32 Å². The molecule has 3 nitrogen and oxygen atoms in total. The Morgan fingerprint density at radius 1 is 0.875 bits per heavy atom. The Morgan fingerprint density at radius 3 is 1.88 bits per heavy atom. The molecule has 0 spiro atoms. The quantitative estimate of drug-likeness (QED) is 0.829. The van der Waals surface area contributed by atoms with Gasteiger partial charge in [0, 0.05) is 19.6 Å². The minimum absolute atomic E-state index is 0.0367. The number of nitrogens with one attached hydrogen (secondary N) is 1. The van der Waals surface area contributed by atoms with Crippen molar-refractivity contribution < 1.29 is 4.79 Å². The van der Waals surface area contributed by atoms with E-state index in [1.807, 2.05) is 41.3 Å². The fourth-order valence-corrected chi connectivity index (χ4v) is 3.37. The highest BCUT2D eigenvalue weighted by Gasteiger charge is 2.19. The van der Waals surface area contributed by atoms with E-state index in [0.29, 0.717) is 19.0 Å². The fraction of sp³-hybridized carbons (Fsp3) is 0.381. The molecule has 1 saturated carbocycles. The SMILES string of the molecule is O=C(NCC1CCCC1)N(Cc1ccccc1)Cc1ccccc1. The van der Waals surface area contributed by atoms with Gasteiger partial charge in [0.1, 0.15) is 0 Å². The Balaban J connectivity index is 1.64. The summed E-state index contributed by atoms with van der Waals surface area (Å²) >= 11 is 0. The molecule has 2 aromatic rings. The summed E-state index contributed by atoms with van der Waals surface area (Å²) < 4.78 is 0. The van der Waals surface area contributed by atoms with Crippen molar-refractivity contribution in [2.75, 3.05) is 6.54 Å². The molecule has 1 fully saturated rings. The van der Waals surface area contributed by atoms with Crippen molar-refractivity contribution >= 4 is 6.03 Å². The van der Waals surface area contributed by atoms with Gasteiger partial charge in [0.05, 0.1) is 0 Å². The predicted molar refractivity (Wildman–Crippen MR) is 97.5 cm³/mol. The van der Waals surface area contributed by atoms with Gasteiger partial charge in [-0.05, 0) is 29.9 Å². The maximum Gasteiger partial charge on any atom is 0.318 e. The molecule has 3 heteroatoms. The van der Waals surface area contributed by atoms with Crippen molar-refractivity contribution in [2.45, 2.75) is 38.8 Å². The standard InChI is InChI=1S/C21H26N2O/c24-21(22-15-18-9-7-8-10-18)23(16-19-11-3-1-4-12-19)17-20-13-5-2-6-14-20/h1-6,11-14,18H,7-10,15-17H2,(H,22,24). The van der Waals surface area contributed by atoms with Gasteiger partial charge in [-0.15, -0.1) is 0 Å². The Hall–Kier alpha value is -2.29. The largest absolute Gasteiger partial charge is 0.338 e. The van der Waals surface area contributed by atoms with E-state index in [1.54, 1.807) is 0 Å². The first-order chi connectivity index (χ1) is 11.8. The van der Waals surface area contributed by atoms with Crippen LogP contribution in [0.1, 0.15) is 36.8 Å². The number of urea groups is 1. The zero-order chi connectivity index (χ0) is 16.6.